The van der Waals surface area contributed by atoms with E-state index < -0.39 is 17.6 Å². The van der Waals surface area contributed by atoms with E-state index >= 15 is 0 Å². The van der Waals surface area contributed by atoms with Crippen molar-refractivity contribution in [2.24, 2.45) is 0 Å². The van der Waals surface area contributed by atoms with Gasteiger partial charge in [0.1, 0.15) is 52.6 Å². The Morgan fingerprint density at radius 3 is 2.25 bits per heavy atom. The number of Topliss-reactive ketones (excluding diaryl/α,β-unsaturated/α-hetero) is 1. The van der Waals surface area contributed by atoms with Crippen LogP contribution in [0.25, 0.3) is 6.08 Å². The number of ether oxygens (including phenoxy) is 7. The van der Waals surface area contributed by atoms with Crippen molar-refractivity contribution < 1.29 is 52.6 Å². The molecule has 1 aliphatic carbocycles. The smallest absolute Gasteiger partial charge is 0.220 e. The van der Waals surface area contributed by atoms with Crippen molar-refractivity contribution in [2.45, 2.75) is 37.4 Å². The lowest BCUT2D eigenvalue weighted by Gasteiger charge is -2.39. The lowest BCUT2D eigenvalue weighted by molar-refractivity contribution is -0.117. The maximum absolute atomic E-state index is 13.6. The molecule has 3 aliphatic heterocycles. The molecule has 0 amide bonds. The molecule has 0 saturated carbocycles. The van der Waals surface area contributed by atoms with Gasteiger partial charge >= 0.3 is 0 Å². The van der Waals surface area contributed by atoms with Crippen LogP contribution in [0.1, 0.15) is 52.7 Å². The van der Waals surface area contributed by atoms with Crippen LogP contribution in [0.5, 0.6) is 40.2 Å². The summed E-state index contributed by atoms with van der Waals surface area (Å²) in [6.45, 7) is 7.79. The zero-order valence-corrected chi connectivity index (χ0v) is 29.1. The van der Waals surface area contributed by atoms with E-state index in [1.807, 2.05) is 38.1 Å². The fourth-order valence-electron chi connectivity index (χ4n) is 6.49. The van der Waals surface area contributed by atoms with Gasteiger partial charge in [-0.3, -0.25) is 14.4 Å². The molecule has 1 N–H and O–H groups in total. The monoisotopic (exact) mass is 694 g/mol. The van der Waals surface area contributed by atoms with E-state index in [0.717, 1.165) is 11.3 Å². The van der Waals surface area contributed by atoms with Crippen molar-refractivity contribution in [1.29, 1.82) is 0 Å². The third kappa shape index (κ3) is 6.42. The number of phenols is 1. The second-order valence-electron chi connectivity index (χ2n) is 12.6. The third-order valence-corrected chi connectivity index (χ3v) is 9.05. The molecule has 11 nitrogen and oxygen atoms in total. The minimum Gasteiger partial charge on any atom is -0.507 e. The molecule has 3 aromatic carbocycles. The molecule has 11 heteroatoms. The van der Waals surface area contributed by atoms with Gasteiger partial charge in [-0.1, -0.05) is 18.2 Å². The largest absolute Gasteiger partial charge is 0.507 e. The van der Waals surface area contributed by atoms with Crippen molar-refractivity contribution >= 4 is 23.4 Å². The number of allylic oxidation sites excluding steroid dienone is 4. The van der Waals surface area contributed by atoms with Gasteiger partial charge in [0.15, 0.2) is 28.8 Å². The summed E-state index contributed by atoms with van der Waals surface area (Å²) in [7, 11) is 6.03. The van der Waals surface area contributed by atoms with Crippen molar-refractivity contribution in [3.05, 3.63) is 107 Å². The first-order valence-corrected chi connectivity index (χ1v) is 16.1. The normalized spacial score (nSPS) is 19.7. The van der Waals surface area contributed by atoms with E-state index in [1.54, 1.807) is 44.6 Å². The predicted molar refractivity (Wildman–Crippen MR) is 187 cm³/mol. The Morgan fingerprint density at radius 1 is 0.902 bits per heavy atom. The quantitative estimate of drug-likeness (QED) is 0.221. The van der Waals surface area contributed by atoms with Gasteiger partial charge in [0.25, 0.3) is 0 Å². The van der Waals surface area contributed by atoms with Gasteiger partial charge in [-0.25, -0.2) is 0 Å². The maximum Gasteiger partial charge on any atom is 0.220 e. The molecule has 0 fully saturated rings. The Bertz CT molecular complexity index is 2020. The molecule has 51 heavy (non-hydrogen) atoms. The number of rotatable bonds is 7. The van der Waals surface area contributed by atoms with Gasteiger partial charge in [0, 0.05) is 35.3 Å². The minimum atomic E-state index is -0.630. The van der Waals surface area contributed by atoms with Gasteiger partial charge < -0.3 is 38.3 Å². The molecule has 0 bridgehead atoms. The molecule has 0 spiro atoms. The number of hydrogen-bond donors (Lipinski definition) is 1. The molecular formula is C40H38O11. The first-order valence-electron chi connectivity index (χ1n) is 16.1. The predicted octanol–water partition coefficient (Wildman–Crippen LogP) is 6.29. The van der Waals surface area contributed by atoms with E-state index in [-0.39, 0.29) is 46.9 Å². The van der Waals surface area contributed by atoms with Crippen molar-refractivity contribution in [3.8, 4) is 40.2 Å². The Labute approximate surface area is 295 Å². The van der Waals surface area contributed by atoms with E-state index in [4.69, 9.17) is 33.2 Å². The number of hydrogen-bond acceptors (Lipinski definition) is 11. The lowest BCUT2D eigenvalue weighted by Crippen LogP contribution is -2.43. The van der Waals surface area contributed by atoms with Gasteiger partial charge in [-0.05, 0) is 55.8 Å². The number of benzene rings is 3. The summed E-state index contributed by atoms with van der Waals surface area (Å²) < 4.78 is 38.8. The van der Waals surface area contributed by atoms with Crippen LogP contribution in [0.15, 0.2) is 84.7 Å². The Hall–Kier alpha value is -5.97. The minimum absolute atomic E-state index is 0.0568. The Kier molecular flexibility index (Phi) is 9.40. The highest BCUT2D eigenvalue weighted by Crippen LogP contribution is 2.52. The number of methoxy groups -OCH3 is 4. The number of carbonyl (C=O) groups is 3. The van der Waals surface area contributed by atoms with Crippen LogP contribution in [0, 0.1) is 0 Å². The number of aromatic hydroxyl groups is 1. The molecule has 0 saturated heterocycles. The Morgan fingerprint density at radius 2 is 1.61 bits per heavy atom. The van der Waals surface area contributed by atoms with E-state index in [1.165, 1.54) is 32.4 Å². The van der Waals surface area contributed by atoms with Gasteiger partial charge in [-0.2, -0.15) is 0 Å². The van der Waals surface area contributed by atoms with Crippen molar-refractivity contribution in [3.63, 3.8) is 0 Å². The molecule has 3 atom stereocenters. The van der Waals surface area contributed by atoms with Gasteiger partial charge in [-0.15, -0.1) is 6.58 Å². The molecule has 3 aromatic rings. The summed E-state index contributed by atoms with van der Waals surface area (Å²) in [4.78, 5) is 37.6. The number of ketones is 3. The molecule has 3 unspecified atom stereocenters. The van der Waals surface area contributed by atoms with E-state index in [0.29, 0.717) is 45.4 Å². The summed E-state index contributed by atoms with van der Waals surface area (Å²) in [6, 6.07) is 12.2. The van der Waals surface area contributed by atoms with Crippen LogP contribution >= 0.6 is 0 Å². The van der Waals surface area contributed by atoms with Crippen molar-refractivity contribution in [1.82, 2.24) is 0 Å². The maximum atomic E-state index is 13.6. The van der Waals surface area contributed by atoms with E-state index in [9.17, 15) is 19.5 Å². The molecule has 4 aliphatic rings. The van der Waals surface area contributed by atoms with Crippen LogP contribution < -0.4 is 28.4 Å². The summed E-state index contributed by atoms with van der Waals surface area (Å²) in [5, 5.41) is 10.7. The number of phenolic OH excluding ortho intramolecular Hbond substituents is 1. The van der Waals surface area contributed by atoms with Crippen molar-refractivity contribution in [2.75, 3.05) is 35.0 Å². The highest BCUT2D eigenvalue weighted by atomic mass is 16.5. The first kappa shape index (κ1) is 34.9. The first-order chi connectivity index (χ1) is 24.4. The van der Waals surface area contributed by atoms with Gasteiger partial charge in [0.05, 0.1) is 39.9 Å². The zero-order valence-electron chi connectivity index (χ0n) is 29.1. The van der Waals surface area contributed by atoms with Gasteiger partial charge in [0.2, 0.25) is 5.78 Å². The van der Waals surface area contributed by atoms with Crippen LogP contribution in [0.2, 0.25) is 0 Å². The highest BCUT2D eigenvalue weighted by molar-refractivity contribution is 6.19. The SMILES string of the molecule is C=CC(C1=CC(=O)C(OC)=CC1=O)c1ccc(OC)cc1.COc1cc2c(cc1OC)C1C(=O)c3c(O)cc4c(c3OC1CO2)C=CC(C)(C)O4. The van der Waals surface area contributed by atoms with Crippen LogP contribution in [-0.2, 0) is 14.3 Å². The standard InChI is InChI=1S/C23H22O7.C17H16O4/c1-23(2)6-5-11-15(30-23)8-13(24)20-21(25)19-12-7-16(26-3)17(27-4)9-14(12)28-10-18(19)29-22(11)20;1-4-13(11-5-7-12(20-2)8-6-11)14-9-16(19)17(21-3)10-15(14)18/h5-9,18-19,24H,10H2,1-4H3;4-10,13H,1H2,2-3H3. The van der Waals surface area contributed by atoms with Crippen LogP contribution in [0.4, 0.5) is 0 Å². The lowest BCUT2D eigenvalue weighted by atomic mass is 9.80. The average molecular weight is 695 g/mol. The summed E-state index contributed by atoms with van der Waals surface area (Å²) in [5.41, 5.74) is 2.19. The summed E-state index contributed by atoms with van der Waals surface area (Å²) in [6.07, 6.45) is 7.41. The number of carbonyl (C=O) groups excluding carboxylic acids is 3. The zero-order chi connectivity index (χ0) is 36.6. The number of fused-ring (bicyclic) bond motifs is 6. The Balaban J connectivity index is 0.000000188. The molecule has 0 aromatic heterocycles. The molecule has 0 radical (unpaired) electrons. The molecule has 7 rings (SSSR count). The van der Waals surface area contributed by atoms with Crippen LogP contribution in [0.3, 0.4) is 0 Å². The van der Waals surface area contributed by atoms with E-state index in [2.05, 4.69) is 6.58 Å². The topological polar surface area (TPSA) is 136 Å². The second-order valence-corrected chi connectivity index (χ2v) is 12.6. The fraction of sp³-hybridized carbons (Fsp3) is 0.275. The molecule has 264 valence electrons. The fourth-order valence-corrected chi connectivity index (χ4v) is 6.49. The summed E-state index contributed by atoms with van der Waals surface area (Å²) >= 11 is 0. The highest BCUT2D eigenvalue weighted by Gasteiger charge is 2.46. The average Bonchev–Trinajstić information content (AvgIpc) is 3.12. The third-order valence-electron chi connectivity index (χ3n) is 9.05. The molecular weight excluding hydrogens is 656 g/mol. The summed E-state index contributed by atoms with van der Waals surface area (Å²) in [5.74, 6) is 1.22. The van der Waals surface area contributed by atoms with Crippen LogP contribution in [-0.4, -0.2) is 69.2 Å². The second kappa shape index (κ2) is 13.7. The molecule has 3 heterocycles.